The number of hydrogen-bond donors (Lipinski definition) is 2. The minimum Gasteiger partial charge on any atom is -0.353 e. The molecular weight excluding hydrogens is 252 g/mol. The van der Waals surface area contributed by atoms with Crippen molar-refractivity contribution in [3.8, 4) is 0 Å². The average Bonchev–Trinajstić information content (AvgIpc) is 2.85. The fourth-order valence-corrected chi connectivity index (χ4v) is 1.97. The van der Waals surface area contributed by atoms with Crippen molar-refractivity contribution < 1.29 is 4.79 Å². The predicted octanol–water partition coefficient (Wildman–Crippen LogP) is 0.878. The molecule has 0 saturated heterocycles. The van der Waals surface area contributed by atoms with Crippen molar-refractivity contribution in [1.29, 1.82) is 0 Å². The molecule has 0 aliphatic heterocycles. The van der Waals surface area contributed by atoms with Gasteiger partial charge in [-0.05, 0) is 24.5 Å². The molecule has 2 aromatic rings. The van der Waals surface area contributed by atoms with Gasteiger partial charge in [-0.1, -0.05) is 30.3 Å². The quantitative estimate of drug-likeness (QED) is 0.820. The summed E-state index contributed by atoms with van der Waals surface area (Å²) >= 11 is 0. The summed E-state index contributed by atoms with van der Waals surface area (Å²) in [6, 6.07) is 9.26. The molecule has 1 aromatic heterocycles. The van der Waals surface area contributed by atoms with E-state index >= 15 is 0 Å². The molecule has 0 aliphatic rings. The van der Waals surface area contributed by atoms with Crippen LogP contribution < -0.4 is 11.1 Å². The summed E-state index contributed by atoms with van der Waals surface area (Å²) in [6.45, 7) is 3.16. The minimum atomic E-state index is -0.517. The molecule has 0 spiro atoms. The van der Waals surface area contributed by atoms with E-state index in [1.807, 2.05) is 43.5 Å². The first-order valence-corrected chi connectivity index (χ1v) is 6.71. The molecule has 0 radical (unpaired) electrons. The highest BCUT2D eigenvalue weighted by Gasteiger charge is 2.13. The predicted molar refractivity (Wildman–Crippen MR) is 78.1 cm³/mol. The molecule has 20 heavy (non-hydrogen) atoms. The number of amides is 1. The van der Waals surface area contributed by atoms with Crippen molar-refractivity contribution in [2.24, 2.45) is 5.73 Å². The molecule has 5 heteroatoms. The summed E-state index contributed by atoms with van der Waals surface area (Å²) in [7, 11) is 0. The Morgan fingerprint density at radius 3 is 2.80 bits per heavy atom. The number of nitrogens with two attached hydrogens (primary N) is 1. The van der Waals surface area contributed by atoms with Crippen molar-refractivity contribution in [1.82, 2.24) is 15.1 Å². The van der Waals surface area contributed by atoms with E-state index in [0.29, 0.717) is 19.5 Å². The van der Waals surface area contributed by atoms with Crippen molar-refractivity contribution in [3.63, 3.8) is 0 Å². The van der Waals surface area contributed by atoms with Gasteiger partial charge < -0.3 is 11.1 Å². The highest BCUT2D eigenvalue weighted by molar-refractivity contribution is 5.81. The second-order valence-corrected chi connectivity index (χ2v) is 4.87. The van der Waals surface area contributed by atoms with Crippen LogP contribution in [-0.4, -0.2) is 28.3 Å². The molecule has 1 heterocycles. The van der Waals surface area contributed by atoms with Crippen LogP contribution in [0.25, 0.3) is 0 Å². The van der Waals surface area contributed by atoms with Crippen LogP contribution in [0, 0.1) is 6.92 Å². The molecular formula is C15H20N4O. The van der Waals surface area contributed by atoms with Gasteiger partial charge in [0.1, 0.15) is 0 Å². The number of rotatable bonds is 6. The highest BCUT2D eigenvalue weighted by atomic mass is 16.2. The van der Waals surface area contributed by atoms with Gasteiger partial charge in [-0.2, -0.15) is 5.10 Å². The molecule has 106 valence electrons. The van der Waals surface area contributed by atoms with Crippen LogP contribution in [0.15, 0.2) is 42.7 Å². The summed E-state index contributed by atoms with van der Waals surface area (Å²) in [5.74, 6) is -0.127. The average molecular weight is 272 g/mol. The van der Waals surface area contributed by atoms with Gasteiger partial charge in [0.2, 0.25) is 5.91 Å². The summed E-state index contributed by atoms with van der Waals surface area (Å²) < 4.78 is 1.80. The van der Waals surface area contributed by atoms with Crippen molar-refractivity contribution in [2.45, 2.75) is 25.9 Å². The van der Waals surface area contributed by atoms with Crippen LogP contribution in [0.5, 0.6) is 0 Å². The standard InChI is InChI=1S/C15H20N4O/c1-12-10-18-19(11-12)8-7-17-15(20)14(16)9-13-5-3-2-4-6-13/h2-6,10-11,14H,7-9,16H2,1H3,(H,17,20)/t14-/m1/s1. The van der Waals surface area contributed by atoms with Crippen LogP contribution in [0.1, 0.15) is 11.1 Å². The van der Waals surface area contributed by atoms with E-state index in [1.165, 1.54) is 0 Å². The van der Waals surface area contributed by atoms with Crippen LogP contribution in [0.2, 0.25) is 0 Å². The van der Waals surface area contributed by atoms with E-state index in [9.17, 15) is 4.79 Å². The van der Waals surface area contributed by atoms with Crippen LogP contribution >= 0.6 is 0 Å². The summed E-state index contributed by atoms with van der Waals surface area (Å²) in [5, 5.41) is 6.99. The third kappa shape index (κ3) is 4.20. The molecule has 2 rings (SSSR count). The molecule has 0 unspecified atom stereocenters. The van der Waals surface area contributed by atoms with Crippen molar-refractivity contribution >= 4 is 5.91 Å². The first kappa shape index (κ1) is 14.3. The summed E-state index contributed by atoms with van der Waals surface area (Å²) in [4.78, 5) is 11.9. The number of nitrogens with zero attached hydrogens (tertiary/aromatic N) is 2. The number of benzene rings is 1. The Hall–Kier alpha value is -2.14. The lowest BCUT2D eigenvalue weighted by atomic mass is 10.1. The van der Waals surface area contributed by atoms with Crippen LogP contribution in [-0.2, 0) is 17.8 Å². The maximum absolute atomic E-state index is 11.9. The Labute approximate surface area is 118 Å². The van der Waals surface area contributed by atoms with Gasteiger partial charge in [0.15, 0.2) is 0 Å². The number of aromatic nitrogens is 2. The third-order valence-corrected chi connectivity index (χ3v) is 3.04. The monoisotopic (exact) mass is 272 g/mol. The molecule has 5 nitrogen and oxygen atoms in total. The van der Waals surface area contributed by atoms with Gasteiger partial charge in [-0.3, -0.25) is 9.48 Å². The Kier molecular flexibility index (Phi) is 4.90. The topological polar surface area (TPSA) is 72.9 Å². The maximum Gasteiger partial charge on any atom is 0.237 e. The van der Waals surface area contributed by atoms with E-state index in [0.717, 1.165) is 11.1 Å². The molecule has 0 bridgehead atoms. The molecule has 1 aromatic carbocycles. The minimum absolute atomic E-state index is 0.127. The molecule has 0 saturated carbocycles. The van der Waals surface area contributed by atoms with Crippen molar-refractivity contribution in [2.75, 3.05) is 6.54 Å². The second-order valence-electron chi connectivity index (χ2n) is 4.87. The zero-order valence-corrected chi connectivity index (χ0v) is 11.6. The van der Waals surface area contributed by atoms with Gasteiger partial charge in [-0.25, -0.2) is 0 Å². The van der Waals surface area contributed by atoms with Gasteiger partial charge in [-0.15, -0.1) is 0 Å². The molecule has 1 atom stereocenters. The smallest absolute Gasteiger partial charge is 0.237 e. The van der Waals surface area contributed by atoms with Crippen molar-refractivity contribution in [3.05, 3.63) is 53.9 Å². The van der Waals surface area contributed by atoms with Crippen LogP contribution in [0.3, 0.4) is 0 Å². The summed E-state index contributed by atoms with van der Waals surface area (Å²) in [5.41, 5.74) is 8.07. The Morgan fingerprint density at radius 1 is 1.40 bits per heavy atom. The number of aryl methyl sites for hydroxylation is 1. The number of carbonyl (C=O) groups is 1. The molecule has 0 fully saturated rings. The van der Waals surface area contributed by atoms with E-state index in [1.54, 1.807) is 10.9 Å². The largest absolute Gasteiger partial charge is 0.353 e. The van der Waals surface area contributed by atoms with Crippen LogP contribution in [0.4, 0.5) is 0 Å². The van der Waals surface area contributed by atoms with E-state index in [2.05, 4.69) is 10.4 Å². The molecule has 0 aliphatic carbocycles. The van der Waals surface area contributed by atoms with E-state index < -0.39 is 6.04 Å². The number of hydrogen-bond acceptors (Lipinski definition) is 3. The first-order valence-electron chi connectivity index (χ1n) is 6.71. The van der Waals surface area contributed by atoms with E-state index in [-0.39, 0.29) is 5.91 Å². The van der Waals surface area contributed by atoms with Gasteiger partial charge in [0.05, 0.1) is 18.8 Å². The molecule has 3 N–H and O–H groups in total. The fourth-order valence-electron chi connectivity index (χ4n) is 1.97. The summed E-state index contributed by atoms with van der Waals surface area (Å²) in [6.07, 6.45) is 4.28. The lowest BCUT2D eigenvalue weighted by Crippen LogP contribution is -2.43. The zero-order valence-electron chi connectivity index (χ0n) is 11.6. The highest BCUT2D eigenvalue weighted by Crippen LogP contribution is 2.01. The Bertz CT molecular complexity index is 550. The SMILES string of the molecule is Cc1cnn(CCNC(=O)[C@H](N)Cc2ccccc2)c1. The lowest BCUT2D eigenvalue weighted by Gasteiger charge is -2.12. The fraction of sp³-hybridized carbons (Fsp3) is 0.333. The van der Waals surface area contributed by atoms with Gasteiger partial charge in [0, 0.05) is 12.7 Å². The normalized spacial score (nSPS) is 12.1. The first-order chi connectivity index (χ1) is 9.65. The maximum atomic E-state index is 11.9. The third-order valence-electron chi connectivity index (χ3n) is 3.04. The zero-order chi connectivity index (χ0) is 14.4. The lowest BCUT2D eigenvalue weighted by molar-refractivity contribution is -0.122. The van der Waals surface area contributed by atoms with Gasteiger partial charge >= 0.3 is 0 Å². The second kappa shape index (κ2) is 6.86. The number of carbonyl (C=O) groups excluding carboxylic acids is 1. The Balaban J connectivity index is 1.74. The number of nitrogens with one attached hydrogen (secondary N) is 1. The van der Waals surface area contributed by atoms with Gasteiger partial charge in [0.25, 0.3) is 0 Å². The molecule has 1 amide bonds. The Morgan fingerprint density at radius 2 is 2.15 bits per heavy atom. The van der Waals surface area contributed by atoms with E-state index in [4.69, 9.17) is 5.73 Å².